The lowest BCUT2D eigenvalue weighted by atomic mass is 9.95. The van der Waals surface area contributed by atoms with Crippen LogP contribution < -0.4 is 0 Å². The Morgan fingerprint density at radius 2 is 2.30 bits per heavy atom. The summed E-state index contributed by atoms with van der Waals surface area (Å²) in [5.41, 5.74) is 0.700. The minimum absolute atomic E-state index is 0.408. The molecule has 2 heteroatoms. The molecule has 0 saturated carbocycles. The van der Waals surface area contributed by atoms with Crippen molar-refractivity contribution in [1.29, 1.82) is 0 Å². The van der Waals surface area contributed by atoms with Crippen LogP contribution in [0.5, 0.6) is 0 Å². The molecule has 0 radical (unpaired) electrons. The molecule has 1 aliphatic rings. The normalized spacial score (nSPS) is 32.7. The monoisotopic (exact) mass is 138 g/mol. The maximum Gasteiger partial charge on any atom is 0.0757 e. The number of aliphatic hydroxyl groups is 2. The largest absolute Gasteiger partial charge is 0.393 e. The predicted molar refractivity (Wildman–Crippen MR) is 38.2 cm³/mol. The van der Waals surface area contributed by atoms with E-state index >= 15 is 0 Å². The number of aliphatic hydroxyl groups excluding tert-OH is 2. The maximum absolute atomic E-state index is 9.08. The van der Waals surface area contributed by atoms with Gasteiger partial charge in [-0.2, -0.15) is 0 Å². The average Bonchev–Trinajstić information content (AvgIpc) is 1.85. The van der Waals surface area contributed by atoms with E-state index in [1.807, 2.05) is 0 Å². The minimum Gasteiger partial charge on any atom is -0.393 e. The van der Waals surface area contributed by atoms with Crippen LogP contribution in [0.3, 0.4) is 0 Å². The Bertz CT molecular complexity index is 188. The molecule has 2 atom stereocenters. The molecule has 0 spiro atoms. The third-order valence-electron chi connectivity index (χ3n) is 1.55. The van der Waals surface area contributed by atoms with Crippen molar-refractivity contribution in [3.63, 3.8) is 0 Å². The van der Waals surface area contributed by atoms with Crippen LogP contribution in [0.2, 0.25) is 0 Å². The van der Waals surface area contributed by atoms with Gasteiger partial charge in [-0.1, -0.05) is 5.92 Å². The summed E-state index contributed by atoms with van der Waals surface area (Å²) in [5, 5.41) is 18.1. The molecule has 0 aliphatic heterocycles. The van der Waals surface area contributed by atoms with Gasteiger partial charge in [-0.05, 0) is 6.08 Å². The second kappa shape index (κ2) is 2.87. The molecule has 54 valence electrons. The van der Waals surface area contributed by atoms with Crippen molar-refractivity contribution in [2.45, 2.75) is 25.0 Å². The first-order chi connectivity index (χ1) is 4.72. The molecule has 0 heterocycles. The third-order valence-corrected chi connectivity index (χ3v) is 1.55. The quantitative estimate of drug-likeness (QED) is 0.465. The summed E-state index contributed by atoms with van der Waals surface area (Å²) in [6, 6.07) is 0. The van der Waals surface area contributed by atoms with E-state index in [1.165, 1.54) is 0 Å². The second-order valence-corrected chi connectivity index (χ2v) is 2.50. The summed E-state index contributed by atoms with van der Waals surface area (Å²) in [6.45, 7) is 0. The van der Waals surface area contributed by atoms with Gasteiger partial charge in [0.05, 0.1) is 12.2 Å². The highest BCUT2D eigenvalue weighted by Crippen LogP contribution is 2.17. The van der Waals surface area contributed by atoms with Gasteiger partial charge in [0.15, 0.2) is 0 Å². The molecule has 0 unspecified atom stereocenters. The van der Waals surface area contributed by atoms with Crippen LogP contribution in [0.25, 0.3) is 0 Å². The number of hydrogen-bond donors (Lipinski definition) is 2. The smallest absolute Gasteiger partial charge is 0.0757 e. The molecule has 0 aromatic rings. The maximum atomic E-state index is 9.08. The molecule has 0 aromatic heterocycles. The Balaban J connectivity index is 2.68. The van der Waals surface area contributed by atoms with E-state index < -0.39 is 12.2 Å². The van der Waals surface area contributed by atoms with Crippen molar-refractivity contribution in [2.24, 2.45) is 0 Å². The zero-order valence-corrected chi connectivity index (χ0v) is 5.62. The van der Waals surface area contributed by atoms with Gasteiger partial charge in [0, 0.05) is 18.4 Å². The van der Waals surface area contributed by atoms with Crippen molar-refractivity contribution in [3.05, 3.63) is 11.6 Å². The molecule has 0 bridgehead atoms. The van der Waals surface area contributed by atoms with Gasteiger partial charge in [-0.3, -0.25) is 0 Å². The number of terminal acetylenes is 1. The van der Waals surface area contributed by atoms with Crippen molar-refractivity contribution in [3.8, 4) is 12.3 Å². The van der Waals surface area contributed by atoms with Crippen LogP contribution >= 0.6 is 0 Å². The second-order valence-electron chi connectivity index (χ2n) is 2.50. The minimum atomic E-state index is -0.560. The van der Waals surface area contributed by atoms with Gasteiger partial charge in [-0.25, -0.2) is 0 Å². The standard InChI is InChI=1S/C8H10O2/c1-2-6-3-7(9)5-8(10)4-6/h1,3,7-10H,4-5H2/t7-,8+/m0/s1. The Hall–Kier alpha value is -0.780. The fraction of sp³-hybridized carbons (Fsp3) is 0.500. The first-order valence-corrected chi connectivity index (χ1v) is 3.26. The molecule has 1 aliphatic carbocycles. The lowest BCUT2D eigenvalue weighted by molar-refractivity contribution is 0.0953. The van der Waals surface area contributed by atoms with Gasteiger partial charge in [0.25, 0.3) is 0 Å². The van der Waals surface area contributed by atoms with Gasteiger partial charge in [-0.15, -0.1) is 6.42 Å². The molecule has 0 aromatic carbocycles. The summed E-state index contributed by atoms with van der Waals surface area (Å²) in [6.07, 6.45) is 6.59. The van der Waals surface area contributed by atoms with E-state index in [1.54, 1.807) is 6.08 Å². The average molecular weight is 138 g/mol. The zero-order chi connectivity index (χ0) is 7.56. The molecule has 10 heavy (non-hydrogen) atoms. The zero-order valence-electron chi connectivity index (χ0n) is 5.62. The summed E-state index contributed by atoms with van der Waals surface area (Å²) in [5.74, 6) is 2.41. The van der Waals surface area contributed by atoms with E-state index in [0.717, 1.165) is 0 Å². The molecular weight excluding hydrogens is 128 g/mol. The molecule has 2 N–H and O–H groups in total. The van der Waals surface area contributed by atoms with Crippen molar-refractivity contribution < 1.29 is 10.2 Å². The summed E-state index contributed by atoms with van der Waals surface area (Å²) in [4.78, 5) is 0. The molecule has 2 nitrogen and oxygen atoms in total. The Morgan fingerprint density at radius 3 is 2.80 bits per heavy atom. The van der Waals surface area contributed by atoms with Gasteiger partial charge >= 0.3 is 0 Å². The summed E-state index contributed by atoms with van der Waals surface area (Å²) in [7, 11) is 0. The molecule has 0 saturated heterocycles. The van der Waals surface area contributed by atoms with Crippen LogP contribution in [0, 0.1) is 12.3 Å². The Labute approximate surface area is 60.2 Å². The van der Waals surface area contributed by atoms with Gasteiger partial charge < -0.3 is 10.2 Å². The van der Waals surface area contributed by atoms with Crippen LogP contribution in [0.4, 0.5) is 0 Å². The highest BCUT2D eigenvalue weighted by Gasteiger charge is 2.17. The summed E-state index contributed by atoms with van der Waals surface area (Å²) < 4.78 is 0. The van der Waals surface area contributed by atoms with Crippen molar-refractivity contribution in [2.75, 3.05) is 0 Å². The highest BCUT2D eigenvalue weighted by atomic mass is 16.3. The van der Waals surface area contributed by atoms with Crippen molar-refractivity contribution in [1.82, 2.24) is 0 Å². The first kappa shape index (κ1) is 7.33. The number of rotatable bonds is 0. The Morgan fingerprint density at radius 1 is 1.60 bits per heavy atom. The topological polar surface area (TPSA) is 40.5 Å². The van der Waals surface area contributed by atoms with Gasteiger partial charge in [0.2, 0.25) is 0 Å². The Kier molecular flexibility index (Phi) is 2.10. The van der Waals surface area contributed by atoms with E-state index in [0.29, 0.717) is 18.4 Å². The van der Waals surface area contributed by atoms with Crippen LogP contribution in [0.1, 0.15) is 12.8 Å². The molecule has 1 rings (SSSR count). The number of hydrogen-bond acceptors (Lipinski definition) is 2. The summed E-state index contributed by atoms with van der Waals surface area (Å²) >= 11 is 0. The first-order valence-electron chi connectivity index (χ1n) is 3.26. The van der Waals surface area contributed by atoms with E-state index in [-0.39, 0.29) is 0 Å². The van der Waals surface area contributed by atoms with E-state index in [4.69, 9.17) is 16.6 Å². The fourth-order valence-electron chi connectivity index (χ4n) is 1.09. The molecular formula is C8H10O2. The molecule has 0 amide bonds. The van der Waals surface area contributed by atoms with Crippen molar-refractivity contribution >= 4 is 0 Å². The molecule has 0 fully saturated rings. The van der Waals surface area contributed by atoms with Crippen LogP contribution in [0.15, 0.2) is 11.6 Å². The SMILES string of the molecule is C#CC1=C[C@H](O)C[C@H](O)C1. The van der Waals surface area contributed by atoms with Crippen LogP contribution in [-0.2, 0) is 0 Å². The van der Waals surface area contributed by atoms with E-state index in [9.17, 15) is 0 Å². The third kappa shape index (κ3) is 1.60. The lowest BCUT2D eigenvalue weighted by Crippen LogP contribution is -2.21. The lowest BCUT2D eigenvalue weighted by Gasteiger charge is -2.18. The predicted octanol–water partition coefficient (Wildman–Crippen LogP) is 0.0616. The fourth-order valence-corrected chi connectivity index (χ4v) is 1.09. The van der Waals surface area contributed by atoms with Gasteiger partial charge in [0.1, 0.15) is 0 Å². The van der Waals surface area contributed by atoms with E-state index in [2.05, 4.69) is 5.92 Å². The van der Waals surface area contributed by atoms with Crippen LogP contribution in [-0.4, -0.2) is 22.4 Å². The highest BCUT2D eigenvalue weighted by molar-refractivity contribution is 5.28.